The fourth-order valence-electron chi connectivity index (χ4n) is 1.54. The van der Waals surface area contributed by atoms with E-state index in [1.165, 1.54) is 13.0 Å². The maximum absolute atomic E-state index is 11.7. The highest BCUT2D eigenvalue weighted by atomic mass is 32.1. The Morgan fingerprint density at radius 1 is 1.26 bits per heavy atom. The molecule has 0 saturated heterocycles. The van der Waals surface area contributed by atoms with E-state index in [1.54, 1.807) is 41.7 Å². The molecular formula is C15H13NO2S. The molecule has 1 N–H and O–H groups in total. The summed E-state index contributed by atoms with van der Waals surface area (Å²) in [6.45, 7) is 1.50. The number of hydrogen-bond donors (Lipinski definition) is 1. The fraction of sp³-hybridized carbons (Fsp3) is 0.0667. The molecule has 19 heavy (non-hydrogen) atoms. The summed E-state index contributed by atoms with van der Waals surface area (Å²) in [6.07, 6.45) is 3.23. The number of rotatable bonds is 4. The average molecular weight is 271 g/mol. The number of carbonyl (C=O) groups excluding carboxylic acids is 2. The molecule has 0 atom stereocenters. The van der Waals surface area contributed by atoms with Crippen LogP contribution >= 0.6 is 11.3 Å². The summed E-state index contributed by atoms with van der Waals surface area (Å²) in [4.78, 5) is 22.9. The van der Waals surface area contributed by atoms with Crippen molar-refractivity contribution in [3.8, 4) is 0 Å². The van der Waals surface area contributed by atoms with Crippen LogP contribution in [0.25, 0.3) is 6.08 Å². The summed E-state index contributed by atoms with van der Waals surface area (Å²) in [5.41, 5.74) is 2.20. The Morgan fingerprint density at radius 2 is 2.11 bits per heavy atom. The van der Waals surface area contributed by atoms with Gasteiger partial charge in [-0.3, -0.25) is 9.59 Å². The molecule has 2 rings (SSSR count). The van der Waals surface area contributed by atoms with Crippen LogP contribution in [0.1, 0.15) is 22.8 Å². The Bertz CT molecular complexity index is 615. The van der Waals surface area contributed by atoms with E-state index in [1.807, 2.05) is 16.8 Å². The lowest BCUT2D eigenvalue weighted by atomic mass is 10.1. The van der Waals surface area contributed by atoms with Crippen molar-refractivity contribution < 1.29 is 9.59 Å². The number of thiophene rings is 1. The van der Waals surface area contributed by atoms with Gasteiger partial charge in [0.05, 0.1) is 0 Å². The minimum Gasteiger partial charge on any atom is -0.322 e. The molecule has 0 bridgehead atoms. The maximum atomic E-state index is 11.7. The van der Waals surface area contributed by atoms with Gasteiger partial charge in [-0.15, -0.1) is 0 Å². The van der Waals surface area contributed by atoms with Crippen molar-refractivity contribution in [1.82, 2.24) is 0 Å². The number of amides is 1. The average Bonchev–Trinajstić information content (AvgIpc) is 2.90. The van der Waals surface area contributed by atoms with Crippen LogP contribution in [0.2, 0.25) is 0 Å². The zero-order chi connectivity index (χ0) is 13.7. The van der Waals surface area contributed by atoms with Crippen LogP contribution in [0.3, 0.4) is 0 Å². The number of anilines is 1. The molecule has 0 saturated carbocycles. The normalized spacial score (nSPS) is 10.6. The first-order valence-electron chi connectivity index (χ1n) is 5.77. The second-order valence-electron chi connectivity index (χ2n) is 4.02. The third-order valence-corrected chi connectivity index (χ3v) is 3.21. The Hall–Kier alpha value is -2.20. The molecule has 0 unspecified atom stereocenters. The van der Waals surface area contributed by atoms with Crippen molar-refractivity contribution in [1.29, 1.82) is 0 Å². The van der Waals surface area contributed by atoms with Crippen molar-refractivity contribution in [2.75, 3.05) is 5.32 Å². The lowest BCUT2D eigenvalue weighted by Gasteiger charge is -2.03. The van der Waals surface area contributed by atoms with Gasteiger partial charge >= 0.3 is 0 Å². The molecule has 1 heterocycles. The van der Waals surface area contributed by atoms with Gasteiger partial charge in [-0.05, 0) is 47.5 Å². The highest BCUT2D eigenvalue weighted by Crippen LogP contribution is 2.12. The summed E-state index contributed by atoms with van der Waals surface area (Å²) in [5, 5.41) is 6.64. The first kappa shape index (κ1) is 13.2. The molecule has 0 aliphatic carbocycles. The van der Waals surface area contributed by atoms with Gasteiger partial charge in [0, 0.05) is 17.3 Å². The first-order valence-corrected chi connectivity index (χ1v) is 6.72. The van der Waals surface area contributed by atoms with Crippen LogP contribution in [0.4, 0.5) is 5.69 Å². The minimum absolute atomic E-state index is 0.0232. The summed E-state index contributed by atoms with van der Waals surface area (Å²) in [6, 6.07) is 8.82. The van der Waals surface area contributed by atoms with Gasteiger partial charge in [-0.1, -0.05) is 12.1 Å². The quantitative estimate of drug-likeness (QED) is 0.682. The predicted molar refractivity (Wildman–Crippen MR) is 78.4 cm³/mol. The largest absolute Gasteiger partial charge is 0.322 e. The Kier molecular flexibility index (Phi) is 4.26. The van der Waals surface area contributed by atoms with Gasteiger partial charge in [0.2, 0.25) is 5.91 Å². The predicted octanol–water partition coefficient (Wildman–Crippen LogP) is 3.60. The molecule has 3 nitrogen and oxygen atoms in total. The van der Waals surface area contributed by atoms with Crippen LogP contribution in [-0.4, -0.2) is 11.7 Å². The number of ketones is 1. The van der Waals surface area contributed by atoms with Gasteiger partial charge in [0.15, 0.2) is 5.78 Å². The van der Waals surface area contributed by atoms with Crippen LogP contribution < -0.4 is 5.32 Å². The van der Waals surface area contributed by atoms with E-state index in [0.717, 1.165) is 5.56 Å². The van der Waals surface area contributed by atoms with Gasteiger partial charge < -0.3 is 5.32 Å². The third kappa shape index (κ3) is 3.89. The van der Waals surface area contributed by atoms with Crippen molar-refractivity contribution in [3.05, 3.63) is 58.3 Å². The SMILES string of the molecule is CC(=O)c1cccc(NC(=O)C=Cc2ccsc2)c1. The smallest absolute Gasteiger partial charge is 0.248 e. The van der Waals surface area contributed by atoms with E-state index >= 15 is 0 Å². The minimum atomic E-state index is -0.216. The van der Waals surface area contributed by atoms with E-state index in [0.29, 0.717) is 11.3 Å². The second-order valence-corrected chi connectivity index (χ2v) is 4.80. The first-order chi connectivity index (χ1) is 9.15. The number of benzene rings is 1. The highest BCUT2D eigenvalue weighted by Gasteiger charge is 2.02. The maximum Gasteiger partial charge on any atom is 0.248 e. The van der Waals surface area contributed by atoms with E-state index in [9.17, 15) is 9.59 Å². The topological polar surface area (TPSA) is 46.2 Å². The molecule has 0 radical (unpaired) electrons. The number of hydrogen-bond acceptors (Lipinski definition) is 3. The van der Waals surface area contributed by atoms with Crippen LogP contribution in [-0.2, 0) is 4.79 Å². The van der Waals surface area contributed by atoms with Crippen LogP contribution in [0.15, 0.2) is 47.2 Å². The molecule has 0 aliphatic rings. The van der Waals surface area contributed by atoms with E-state index < -0.39 is 0 Å². The molecule has 96 valence electrons. The summed E-state index contributed by atoms with van der Waals surface area (Å²) >= 11 is 1.58. The van der Waals surface area contributed by atoms with Crippen LogP contribution in [0, 0.1) is 0 Å². The Balaban J connectivity index is 2.03. The van der Waals surface area contributed by atoms with Crippen molar-refractivity contribution in [2.24, 2.45) is 0 Å². The molecule has 0 spiro atoms. The van der Waals surface area contributed by atoms with Crippen molar-refractivity contribution >= 4 is 34.8 Å². The van der Waals surface area contributed by atoms with E-state index in [-0.39, 0.29) is 11.7 Å². The molecule has 4 heteroatoms. The Labute approximate surface area is 115 Å². The molecule has 1 aromatic carbocycles. The summed E-state index contributed by atoms with van der Waals surface area (Å²) in [5.74, 6) is -0.239. The van der Waals surface area contributed by atoms with Gasteiger partial charge in [0.1, 0.15) is 0 Å². The second kappa shape index (κ2) is 6.11. The zero-order valence-corrected chi connectivity index (χ0v) is 11.2. The molecule has 1 aromatic heterocycles. The van der Waals surface area contributed by atoms with Crippen molar-refractivity contribution in [3.63, 3.8) is 0 Å². The molecule has 0 aliphatic heterocycles. The van der Waals surface area contributed by atoms with E-state index in [2.05, 4.69) is 5.32 Å². The number of nitrogens with one attached hydrogen (secondary N) is 1. The standard InChI is InChI=1S/C15H13NO2S/c1-11(17)13-3-2-4-14(9-13)16-15(18)6-5-12-7-8-19-10-12/h2-10H,1H3,(H,16,18). The van der Waals surface area contributed by atoms with E-state index in [4.69, 9.17) is 0 Å². The molecule has 1 amide bonds. The van der Waals surface area contributed by atoms with Gasteiger partial charge in [0.25, 0.3) is 0 Å². The lowest BCUT2D eigenvalue weighted by molar-refractivity contribution is -0.111. The Morgan fingerprint density at radius 3 is 2.79 bits per heavy atom. The third-order valence-electron chi connectivity index (χ3n) is 2.51. The number of Topliss-reactive ketones (excluding diaryl/α,β-unsaturated/α-hetero) is 1. The number of carbonyl (C=O) groups is 2. The molecular weight excluding hydrogens is 258 g/mol. The fourth-order valence-corrected chi connectivity index (χ4v) is 2.17. The van der Waals surface area contributed by atoms with Crippen molar-refractivity contribution in [2.45, 2.75) is 6.92 Å². The van der Waals surface area contributed by atoms with Gasteiger partial charge in [-0.25, -0.2) is 0 Å². The summed E-state index contributed by atoms with van der Waals surface area (Å²) in [7, 11) is 0. The van der Waals surface area contributed by atoms with Gasteiger partial charge in [-0.2, -0.15) is 11.3 Å². The monoisotopic (exact) mass is 271 g/mol. The van der Waals surface area contributed by atoms with Crippen LogP contribution in [0.5, 0.6) is 0 Å². The molecule has 2 aromatic rings. The summed E-state index contributed by atoms with van der Waals surface area (Å²) < 4.78 is 0. The molecule has 0 fully saturated rings. The zero-order valence-electron chi connectivity index (χ0n) is 10.4. The lowest BCUT2D eigenvalue weighted by Crippen LogP contribution is -2.08. The highest BCUT2D eigenvalue weighted by molar-refractivity contribution is 7.08.